The Labute approximate surface area is 91.1 Å². The molecule has 2 bridgehead atoms. The first-order valence-corrected chi connectivity index (χ1v) is 6.02. The average Bonchev–Trinajstić information content (AvgIpc) is 2.69. The lowest BCUT2D eigenvalue weighted by Gasteiger charge is -2.36. The largest absolute Gasteiger partial charge is 0.390 e. The highest BCUT2D eigenvalue weighted by Crippen LogP contribution is 2.56. The van der Waals surface area contributed by atoms with E-state index in [9.17, 15) is 5.11 Å². The normalized spacial score (nSPS) is 37.7. The lowest BCUT2D eigenvalue weighted by molar-refractivity contribution is -0.0506. The van der Waals surface area contributed by atoms with Crippen LogP contribution in [0.25, 0.3) is 0 Å². The van der Waals surface area contributed by atoms with Crippen LogP contribution in [-0.2, 0) is 6.42 Å². The van der Waals surface area contributed by atoms with Gasteiger partial charge in [-0.2, -0.15) is 0 Å². The molecule has 1 heteroatoms. The summed E-state index contributed by atoms with van der Waals surface area (Å²) in [5.41, 5.74) is 1.14. The number of benzene rings is 1. The molecule has 0 aromatic heterocycles. The Balaban J connectivity index is 1.59. The van der Waals surface area contributed by atoms with Gasteiger partial charge in [-0.1, -0.05) is 30.3 Å². The molecule has 0 radical (unpaired) electrons. The summed E-state index contributed by atoms with van der Waals surface area (Å²) in [6, 6.07) is 10.6. The van der Waals surface area contributed by atoms with E-state index in [1.807, 2.05) is 0 Å². The quantitative estimate of drug-likeness (QED) is 0.799. The topological polar surface area (TPSA) is 20.2 Å². The van der Waals surface area contributed by atoms with Crippen molar-refractivity contribution in [3.05, 3.63) is 35.9 Å². The van der Waals surface area contributed by atoms with Crippen molar-refractivity contribution in [3.8, 4) is 0 Å². The molecule has 3 aliphatic carbocycles. The van der Waals surface area contributed by atoms with Gasteiger partial charge < -0.3 is 5.11 Å². The molecule has 0 unspecified atom stereocenters. The maximum Gasteiger partial charge on any atom is 0.0681 e. The summed E-state index contributed by atoms with van der Waals surface area (Å²) < 4.78 is 0. The maximum absolute atomic E-state index is 10.2. The Morgan fingerprint density at radius 1 is 1.20 bits per heavy atom. The zero-order valence-corrected chi connectivity index (χ0v) is 9.02. The van der Waals surface area contributed by atoms with Gasteiger partial charge >= 0.3 is 0 Å². The summed E-state index contributed by atoms with van der Waals surface area (Å²) in [6.07, 6.45) is 5.71. The van der Waals surface area contributed by atoms with E-state index in [1.165, 1.54) is 12.0 Å². The second-order valence-corrected chi connectivity index (χ2v) is 5.33. The third-order valence-corrected chi connectivity index (χ3v) is 4.29. The van der Waals surface area contributed by atoms with Gasteiger partial charge in [-0.3, -0.25) is 0 Å². The molecular formula is C14H18O. The maximum atomic E-state index is 10.2. The summed E-state index contributed by atoms with van der Waals surface area (Å²) in [5, 5.41) is 10.2. The first-order valence-electron chi connectivity index (χ1n) is 6.02. The fourth-order valence-corrected chi connectivity index (χ4v) is 3.43. The molecule has 1 aromatic rings. The van der Waals surface area contributed by atoms with Gasteiger partial charge in [-0.15, -0.1) is 0 Å². The number of hydrogen-bond donors (Lipinski definition) is 1. The van der Waals surface area contributed by atoms with Gasteiger partial charge in [0.05, 0.1) is 5.60 Å². The van der Waals surface area contributed by atoms with Gasteiger partial charge in [0.15, 0.2) is 0 Å². The molecule has 3 fully saturated rings. The molecular weight excluding hydrogens is 184 g/mol. The fraction of sp³-hybridized carbons (Fsp3) is 0.571. The van der Waals surface area contributed by atoms with Gasteiger partial charge in [0, 0.05) is 0 Å². The Hall–Kier alpha value is -0.820. The third-order valence-electron chi connectivity index (χ3n) is 4.29. The highest BCUT2D eigenvalue weighted by molar-refractivity contribution is 5.16. The van der Waals surface area contributed by atoms with Crippen LogP contribution in [0, 0.1) is 11.8 Å². The minimum Gasteiger partial charge on any atom is -0.390 e. The molecule has 0 saturated heterocycles. The van der Waals surface area contributed by atoms with Crippen molar-refractivity contribution in [1.82, 2.24) is 0 Å². The summed E-state index contributed by atoms with van der Waals surface area (Å²) in [7, 11) is 0. The molecule has 1 nitrogen and oxygen atoms in total. The monoisotopic (exact) mass is 202 g/mol. The van der Waals surface area contributed by atoms with Crippen LogP contribution in [0.2, 0.25) is 0 Å². The van der Waals surface area contributed by atoms with Crippen molar-refractivity contribution in [2.75, 3.05) is 0 Å². The van der Waals surface area contributed by atoms with Crippen LogP contribution < -0.4 is 0 Å². The van der Waals surface area contributed by atoms with Crippen LogP contribution in [0.4, 0.5) is 0 Å². The van der Waals surface area contributed by atoms with Gasteiger partial charge in [-0.25, -0.2) is 0 Å². The van der Waals surface area contributed by atoms with Crippen LogP contribution in [0.15, 0.2) is 30.3 Å². The fourth-order valence-electron chi connectivity index (χ4n) is 3.43. The van der Waals surface area contributed by atoms with Crippen molar-refractivity contribution in [3.63, 3.8) is 0 Å². The average molecular weight is 202 g/mol. The molecule has 0 heterocycles. The zero-order chi connectivity index (χ0) is 10.3. The lowest BCUT2D eigenvalue weighted by Crippen LogP contribution is -2.39. The lowest BCUT2D eigenvalue weighted by atomic mass is 9.76. The number of hydrogen-bond acceptors (Lipinski definition) is 1. The van der Waals surface area contributed by atoms with E-state index in [0.29, 0.717) is 5.92 Å². The van der Waals surface area contributed by atoms with E-state index >= 15 is 0 Å². The van der Waals surface area contributed by atoms with Crippen LogP contribution >= 0.6 is 0 Å². The number of aryl methyl sites for hydroxylation is 1. The van der Waals surface area contributed by atoms with E-state index in [-0.39, 0.29) is 5.60 Å². The Morgan fingerprint density at radius 3 is 2.53 bits per heavy atom. The number of rotatable bonds is 3. The summed E-state index contributed by atoms with van der Waals surface area (Å²) in [4.78, 5) is 0. The van der Waals surface area contributed by atoms with Crippen molar-refractivity contribution < 1.29 is 5.11 Å². The van der Waals surface area contributed by atoms with Gasteiger partial charge in [0.2, 0.25) is 0 Å². The number of aliphatic hydroxyl groups is 1. The van der Waals surface area contributed by atoms with Gasteiger partial charge in [-0.05, 0) is 49.5 Å². The van der Waals surface area contributed by atoms with E-state index in [2.05, 4.69) is 30.3 Å². The predicted molar refractivity (Wildman–Crippen MR) is 60.5 cm³/mol. The smallest absolute Gasteiger partial charge is 0.0681 e. The van der Waals surface area contributed by atoms with Crippen molar-refractivity contribution in [2.24, 2.45) is 11.8 Å². The third kappa shape index (κ3) is 1.59. The highest BCUT2D eigenvalue weighted by Gasteiger charge is 2.55. The molecule has 4 rings (SSSR count). The van der Waals surface area contributed by atoms with E-state index in [4.69, 9.17) is 0 Å². The first-order chi connectivity index (χ1) is 7.26. The standard InChI is InChI=1S/C14H18O/c15-14-9-12(10-14)8-13(14)7-6-11-4-2-1-3-5-11/h1-5,12-13,15H,6-10H2/t12?,13-,14?/m1/s1. The summed E-state index contributed by atoms with van der Waals surface area (Å²) >= 11 is 0. The number of fused-ring (bicyclic) bond motifs is 1. The van der Waals surface area contributed by atoms with Gasteiger partial charge in [0.1, 0.15) is 0 Å². The Morgan fingerprint density at radius 2 is 1.93 bits per heavy atom. The molecule has 80 valence electrons. The Bertz CT molecular complexity index is 338. The van der Waals surface area contributed by atoms with E-state index in [0.717, 1.165) is 31.6 Å². The van der Waals surface area contributed by atoms with Crippen LogP contribution in [-0.4, -0.2) is 10.7 Å². The van der Waals surface area contributed by atoms with E-state index in [1.54, 1.807) is 0 Å². The second kappa shape index (κ2) is 3.34. The van der Waals surface area contributed by atoms with E-state index < -0.39 is 0 Å². The summed E-state index contributed by atoms with van der Waals surface area (Å²) in [5.74, 6) is 1.42. The second-order valence-electron chi connectivity index (χ2n) is 5.33. The summed E-state index contributed by atoms with van der Waals surface area (Å²) in [6.45, 7) is 0. The zero-order valence-electron chi connectivity index (χ0n) is 9.02. The first kappa shape index (κ1) is 9.41. The van der Waals surface area contributed by atoms with Crippen molar-refractivity contribution in [1.29, 1.82) is 0 Å². The van der Waals surface area contributed by atoms with Gasteiger partial charge in [0.25, 0.3) is 0 Å². The molecule has 0 aliphatic heterocycles. The van der Waals surface area contributed by atoms with Crippen molar-refractivity contribution in [2.45, 2.75) is 37.7 Å². The van der Waals surface area contributed by atoms with Crippen molar-refractivity contribution >= 4 is 0 Å². The molecule has 1 N–H and O–H groups in total. The molecule has 15 heavy (non-hydrogen) atoms. The SMILES string of the molecule is OC12CC(C[C@H]1CCc1ccccc1)C2. The molecule has 3 aliphatic rings. The Kier molecular flexibility index (Phi) is 2.10. The predicted octanol–water partition coefficient (Wildman–Crippen LogP) is 2.78. The molecule has 1 aromatic carbocycles. The van der Waals surface area contributed by atoms with Crippen LogP contribution in [0.5, 0.6) is 0 Å². The molecule has 0 spiro atoms. The van der Waals surface area contributed by atoms with Crippen LogP contribution in [0.3, 0.4) is 0 Å². The molecule has 3 saturated carbocycles. The highest BCUT2D eigenvalue weighted by atomic mass is 16.3. The minimum absolute atomic E-state index is 0.264. The minimum atomic E-state index is -0.264. The molecule has 0 amide bonds. The molecule has 1 atom stereocenters. The van der Waals surface area contributed by atoms with Crippen LogP contribution in [0.1, 0.15) is 31.2 Å².